The van der Waals surface area contributed by atoms with Gasteiger partial charge in [0.1, 0.15) is 5.82 Å². The van der Waals surface area contributed by atoms with Crippen molar-refractivity contribution in [1.82, 2.24) is 14.1 Å². The van der Waals surface area contributed by atoms with Crippen molar-refractivity contribution < 1.29 is 0 Å². The number of para-hydroxylation sites is 3. The van der Waals surface area contributed by atoms with Crippen LogP contribution in [0.2, 0.25) is 0 Å². The Hall–Kier alpha value is -6.97. The summed E-state index contributed by atoms with van der Waals surface area (Å²) in [5.41, 5.74) is 13.6. The average Bonchev–Trinajstić information content (AvgIpc) is 3.78. The number of nitrogens with zero attached hydrogens (tertiary/aromatic N) is 3. The minimum atomic E-state index is 0.886. The second-order valence-electron chi connectivity index (χ2n) is 13.3. The molecule has 0 saturated carbocycles. The van der Waals surface area contributed by atoms with Crippen molar-refractivity contribution in [3.63, 3.8) is 0 Å². The molecule has 0 amide bonds. The molecule has 0 fully saturated rings. The Morgan fingerprint density at radius 1 is 0.327 bits per heavy atom. The summed E-state index contributed by atoms with van der Waals surface area (Å²) in [5, 5.41) is 3.71. The van der Waals surface area contributed by atoms with E-state index < -0.39 is 0 Å². The summed E-state index contributed by atoms with van der Waals surface area (Å²) in [6.07, 6.45) is 0. The molecule has 3 aromatic heterocycles. The van der Waals surface area contributed by atoms with E-state index in [1.54, 1.807) is 0 Å². The molecule has 10 aromatic rings. The van der Waals surface area contributed by atoms with Crippen LogP contribution in [0.5, 0.6) is 0 Å². The zero-order valence-electron chi connectivity index (χ0n) is 28.4. The van der Waals surface area contributed by atoms with E-state index in [9.17, 15) is 0 Å². The van der Waals surface area contributed by atoms with Crippen LogP contribution in [0.25, 0.3) is 89.0 Å². The maximum atomic E-state index is 5.33. The molecule has 0 bridgehead atoms. The fourth-order valence-corrected chi connectivity index (χ4v) is 7.66. The minimum absolute atomic E-state index is 0.886. The molecule has 7 aromatic carbocycles. The van der Waals surface area contributed by atoms with Crippen LogP contribution in [0.3, 0.4) is 0 Å². The van der Waals surface area contributed by atoms with Gasteiger partial charge in [0.15, 0.2) is 0 Å². The van der Waals surface area contributed by atoms with Gasteiger partial charge in [0, 0.05) is 27.4 Å². The number of aromatic nitrogens is 3. The molecule has 3 nitrogen and oxygen atoms in total. The van der Waals surface area contributed by atoms with Gasteiger partial charge in [-0.1, -0.05) is 146 Å². The number of pyridine rings is 1. The fourth-order valence-electron chi connectivity index (χ4n) is 7.66. The SMILES string of the molecule is c1ccc(-c2cc(-c3ccccc3)nc(-n3c(-c4cccc(-c5ccc(-n6c7ccccc7c7ccccc76)cc5)c4)cc4ccccc43)c2)cc1. The third-order valence-electron chi connectivity index (χ3n) is 10.1. The Balaban J connectivity index is 1.10. The van der Waals surface area contributed by atoms with Crippen molar-refractivity contribution in [2.75, 3.05) is 0 Å². The second kappa shape index (κ2) is 12.4. The van der Waals surface area contributed by atoms with E-state index in [0.717, 1.165) is 50.7 Å². The molecule has 0 unspecified atom stereocenters. The van der Waals surface area contributed by atoms with Crippen LogP contribution in [0, 0.1) is 0 Å². The van der Waals surface area contributed by atoms with Crippen molar-refractivity contribution in [1.29, 1.82) is 0 Å². The molecule has 0 spiro atoms. The molecule has 0 N–H and O–H groups in total. The Morgan fingerprint density at radius 2 is 0.885 bits per heavy atom. The van der Waals surface area contributed by atoms with E-state index in [4.69, 9.17) is 4.98 Å². The molecule has 0 aliphatic heterocycles. The molecule has 0 radical (unpaired) electrons. The van der Waals surface area contributed by atoms with E-state index in [1.807, 2.05) is 6.07 Å². The first-order valence-electron chi connectivity index (χ1n) is 17.7. The van der Waals surface area contributed by atoms with Crippen LogP contribution in [0.1, 0.15) is 0 Å². The van der Waals surface area contributed by atoms with Gasteiger partial charge in [-0.25, -0.2) is 4.98 Å². The van der Waals surface area contributed by atoms with E-state index in [-0.39, 0.29) is 0 Å². The first-order valence-corrected chi connectivity index (χ1v) is 17.7. The second-order valence-corrected chi connectivity index (χ2v) is 13.3. The molecule has 0 aliphatic rings. The molecule has 10 rings (SSSR count). The summed E-state index contributed by atoms with van der Waals surface area (Å²) in [6.45, 7) is 0. The molecular formula is C49H33N3. The van der Waals surface area contributed by atoms with Crippen LogP contribution in [-0.2, 0) is 0 Å². The van der Waals surface area contributed by atoms with Gasteiger partial charge in [-0.05, 0) is 82.4 Å². The van der Waals surface area contributed by atoms with Gasteiger partial charge in [0.2, 0.25) is 0 Å². The van der Waals surface area contributed by atoms with Crippen molar-refractivity contribution in [2.24, 2.45) is 0 Å². The standard InChI is InChI=1S/C49H33N3/c1-3-14-34(15-4-1)40-31-44(36-16-5-2-6-17-36)50-49(33-40)52-45-23-10-7-18-39(45)32-48(52)38-20-13-19-37(30-38)35-26-28-41(29-27-35)51-46-24-11-8-21-42(46)43-22-9-12-25-47(43)51/h1-33H. The lowest BCUT2D eigenvalue weighted by molar-refractivity contribution is 1.05. The van der Waals surface area contributed by atoms with Gasteiger partial charge >= 0.3 is 0 Å². The predicted molar refractivity (Wildman–Crippen MR) is 217 cm³/mol. The average molecular weight is 664 g/mol. The largest absolute Gasteiger partial charge is 0.309 e. The molecule has 0 atom stereocenters. The summed E-state index contributed by atoms with van der Waals surface area (Å²) in [4.78, 5) is 5.33. The van der Waals surface area contributed by atoms with Crippen LogP contribution in [-0.4, -0.2) is 14.1 Å². The van der Waals surface area contributed by atoms with E-state index >= 15 is 0 Å². The number of fused-ring (bicyclic) bond motifs is 4. The molecule has 3 heterocycles. The predicted octanol–water partition coefficient (Wildman–Crippen LogP) is 12.8. The lowest BCUT2D eigenvalue weighted by Crippen LogP contribution is -2.02. The lowest BCUT2D eigenvalue weighted by Gasteiger charge is -2.15. The monoisotopic (exact) mass is 663 g/mol. The van der Waals surface area contributed by atoms with E-state index in [0.29, 0.717) is 0 Å². The normalized spacial score (nSPS) is 11.5. The van der Waals surface area contributed by atoms with Gasteiger partial charge in [0.25, 0.3) is 0 Å². The topological polar surface area (TPSA) is 22.8 Å². The fraction of sp³-hybridized carbons (Fsp3) is 0. The molecule has 0 aliphatic carbocycles. The number of rotatable bonds is 6. The minimum Gasteiger partial charge on any atom is -0.309 e. The maximum absolute atomic E-state index is 5.33. The van der Waals surface area contributed by atoms with E-state index in [2.05, 4.69) is 203 Å². The lowest BCUT2D eigenvalue weighted by atomic mass is 10.0. The number of hydrogen-bond acceptors (Lipinski definition) is 1. The molecule has 52 heavy (non-hydrogen) atoms. The summed E-state index contributed by atoms with van der Waals surface area (Å²) in [7, 11) is 0. The highest BCUT2D eigenvalue weighted by Gasteiger charge is 2.17. The highest BCUT2D eigenvalue weighted by atomic mass is 15.1. The van der Waals surface area contributed by atoms with Gasteiger partial charge in [0.05, 0.1) is 27.9 Å². The van der Waals surface area contributed by atoms with Crippen LogP contribution in [0.15, 0.2) is 200 Å². The van der Waals surface area contributed by atoms with Gasteiger partial charge < -0.3 is 4.57 Å². The van der Waals surface area contributed by atoms with Crippen molar-refractivity contribution in [2.45, 2.75) is 0 Å². The van der Waals surface area contributed by atoms with Crippen LogP contribution >= 0.6 is 0 Å². The third-order valence-corrected chi connectivity index (χ3v) is 10.1. The van der Waals surface area contributed by atoms with Gasteiger partial charge in [-0.2, -0.15) is 0 Å². The smallest absolute Gasteiger partial charge is 0.138 e. The van der Waals surface area contributed by atoms with Crippen molar-refractivity contribution >= 4 is 32.7 Å². The number of hydrogen-bond donors (Lipinski definition) is 0. The Kier molecular flexibility index (Phi) is 7.14. The number of benzene rings is 7. The molecule has 0 saturated heterocycles. The zero-order chi connectivity index (χ0) is 34.4. The first-order chi connectivity index (χ1) is 25.8. The zero-order valence-corrected chi connectivity index (χ0v) is 28.4. The maximum Gasteiger partial charge on any atom is 0.138 e. The summed E-state index contributed by atoms with van der Waals surface area (Å²) in [5.74, 6) is 0.886. The summed E-state index contributed by atoms with van der Waals surface area (Å²) >= 11 is 0. The summed E-state index contributed by atoms with van der Waals surface area (Å²) in [6, 6.07) is 71.5. The first kappa shape index (κ1) is 29.9. The van der Waals surface area contributed by atoms with Crippen LogP contribution < -0.4 is 0 Å². The Morgan fingerprint density at radius 3 is 1.60 bits per heavy atom. The van der Waals surface area contributed by atoms with E-state index in [1.165, 1.54) is 38.3 Å². The summed E-state index contributed by atoms with van der Waals surface area (Å²) < 4.78 is 4.68. The third kappa shape index (κ3) is 5.10. The highest BCUT2D eigenvalue weighted by molar-refractivity contribution is 6.09. The Bertz CT molecular complexity index is 2770. The van der Waals surface area contributed by atoms with Gasteiger partial charge in [-0.15, -0.1) is 0 Å². The van der Waals surface area contributed by atoms with Crippen molar-refractivity contribution in [3.8, 4) is 56.3 Å². The highest BCUT2D eigenvalue weighted by Crippen LogP contribution is 2.37. The molecule has 3 heteroatoms. The Labute approximate surface area is 302 Å². The van der Waals surface area contributed by atoms with Gasteiger partial charge in [-0.3, -0.25) is 4.57 Å². The molecular weight excluding hydrogens is 631 g/mol. The quantitative estimate of drug-likeness (QED) is 0.174. The van der Waals surface area contributed by atoms with Crippen LogP contribution in [0.4, 0.5) is 0 Å². The molecule has 244 valence electrons. The van der Waals surface area contributed by atoms with Crippen molar-refractivity contribution in [3.05, 3.63) is 200 Å².